The van der Waals surface area contributed by atoms with Gasteiger partial charge in [-0.05, 0) is 42.3 Å². The molecule has 0 saturated heterocycles. The van der Waals surface area contributed by atoms with Crippen molar-refractivity contribution in [3.63, 3.8) is 0 Å². The van der Waals surface area contributed by atoms with Gasteiger partial charge in [-0.2, -0.15) is 5.26 Å². The van der Waals surface area contributed by atoms with Gasteiger partial charge >= 0.3 is 0 Å². The number of halogens is 3. The number of imidazole rings is 1. The quantitative estimate of drug-likeness (QED) is 0.123. The van der Waals surface area contributed by atoms with E-state index in [-0.39, 0.29) is 47.3 Å². The number of benzene rings is 2. The van der Waals surface area contributed by atoms with Crippen LogP contribution in [0.4, 0.5) is 15.9 Å². The van der Waals surface area contributed by atoms with Gasteiger partial charge in [-0.1, -0.05) is 18.5 Å². The van der Waals surface area contributed by atoms with Gasteiger partial charge in [-0.25, -0.2) is 14.4 Å². The zero-order valence-electron chi connectivity index (χ0n) is 24.5. The van der Waals surface area contributed by atoms with Gasteiger partial charge in [0.05, 0.1) is 51.3 Å². The fraction of sp³-hybridized carbons (Fsp3) is 0.333. The molecule has 2 N–H and O–H groups in total. The minimum absolute atomic E-state index is 0. The number of rotatable bonds is 13. The molecule has 0 radical (unpaired) electrons. The minimum Gasteiger partial charge on any atom is -1.00 e. The lowest BCUT2D eigenvalue weighted by Crippen LogP contribution is -3.00. The largest absolute Gasteiger partial charge is 1.00 e. The monoisotopic (exact) mass is 721 g/mol. The molecule has 0 fully saturated rings. The molecule has 2 heterocycles. The summed E-state index contributed by atoms with van der Waals surface area (Å²) in [5.74, 6) is -0.536. The van der Waals surface area contributed by atoms with E-state index in [0.717, 1.165) is 22.3 Å². The number of anilines is 2. The van der Waals surface area contributed by atoms with Gasteiger partial charge in [-0.3, -0.25) is 9.20 Å². The smallest absolute Gasteiger partial charge is 0.251 e. The normalized spacial score (nSPS) is 11.1. The number of fused-ring (bicyclic) bond motifs is 1. The van der Waals surface area contributed by atoms with Crippen LogP contribution in [0, 0.1) is 17.1 Å². The molecular formula is C30H34ClFIN7O3. The van der Waals surface area contributed by atoms with Crippen LogP contribution in [0.5, 0.6) is 5.75 Å². The van der Waals surface area contributed by atoms with Crippen LogP contribution in [0.1, 0.15) is 22.8 Å². The summed E-state index contributed by atoms with van der Waals surface area (Å²) in [7, 11) is 6.31. The molecule has 0 unspecified atom stereocenters. The third-order valence-corrected chi connectivity index (χ3v) is 6.84. The highest BCUT2D eigenvalue weighted by Gasteiger charge is 2.19. The molecule has 228 valence electrons. The highest BCUT2D eigenvalue weighted by Crippen LogP contribution is 2.36. The van der Waals surface area contributed by atoms with Crippen LogP contribution < -0.4 is 39.3 Å². The van der Waals surface area contributed by atoms with E-state index in [4.69, 9.17) is 26.3 Å². The van der Waals surface area contributed by atoms with Crippen LogP contribution in [0.25, 0.3) is 16.9 Å². The third kappa shape index (κ3) is 8.54. The van der Waals surface area contributed by atoms with E-state index >= 15 is 0 Å². The number of nitrogens with zero attached hydrogens (tertiary/aromatic N) is 5. The summed E-state index contributed by atoms with van der Waals surface area (Å²) >= 11 is 6.33. The van der Waals surface area contributed by atoms with Crippen LogP contribution in [-0.2, 0) is 11.2 Å². The van der Waals surface area contributed by atoms with Gasteiger partial charge in [0.15, 0.2) is 29.6 Å². The highest BCUT2D eigenvalue weighted by molar-refractivity contribution is 6.33. The van der Waals surface area contributed by atoms with Crippen LogP contribution in [0.15, 0.2) is 48.9 Å². The maximum atomic E-state index is 14.8. The second-order valence-electron chi connectivity index (χ2n) is 10.5. The Bertz CT molecular complexity index is 1620. The van der Waals surface area contributed by atoms with Gasteiger partial charge in [-0.15, -0.1) is 0 Å². The van der Waals surface area contributed by atoms with Gasteiger partial charge in [0.1, 0.15) is 12.6 Å². The van der Waals surface area contributed by atoms with Crippen molar-refractivity contribution in [1.29, 1.82) is 5.26 Å². The van der Waals surface area contributed by atoms with E-state index < -0.39 is 5.82 Å². The van der Waals surface area contributed by atoms with Crippen LogP contribution >= 0.6 is 11.6 Å². The number of aromatic nitrogens is 3. The van der Waals surface area contributed by atoms with Gasteiger partial charge in [0, 0.05) is 35.8 Å². The summed E-state index contributed by atoms with van der Waals surface area (Å²) in [5.41, 5.74) is 3.67. The third-order valence-electron chi connectivity index (χ3n) is 6.47. The van der Waals surface area contributed by atoms with Crippen molar-refractivity contribution in [2.24, 2.45) is 0 Å². The molecule has 0 bridgehead atoms. The molecule has 43 heavy (non-hydrogen) atoms. The Morgan fingerprint density at radius 1 is 1.19 bits per heavy atom. The number of hydrogen-bond donors (Lipinski definition) is 2. The van der Waals surface area contributed by atoms with E-state index in [2.05, 4.69) is 41.7 Å². The molecule has 2 aromatic carbocycles. The van der Waals surface area contributed by atoms with Crippen molar-refractivity contribution >= 4 is 34.7 Å². The molecule has 0 aliphatic heterocycles. The average molecular weight is 722 g/mol. The molecule has 4 aromatic rings. The first kappa shape index (κ1) is 34.0. The predicted molar refractivity (Wildman–Crippen MR) is 160 cm³/mol. The number of ether oxygens (including phenoxy) is 2. The molecule has 0 atom stereocenters. The number of carbonyl (C=O) groups excluding carboxylic acids is 1. The van der Waals surface area contributed by atoms with Crippen LogP contribution in [0.3, 0.4) is 0 Å². The number of nitriles is 1. The second-order valence-corrected chi connectivity index (χ2v) is 10.9. The Kier molecular flexibility index (Phi) is 12.1. The maximum absolute atomic E-state index is 14.8. The molecule has 0 aliphatic rings. The summed E-state index contributed by atoms with van der Waals surface area (Å²) in [5, 5.41) is 14.8. The molecule has 4 rings (SSSR count). The average Bonchev–Trinajstić information content (AvgIpc) is 3.40. The highest BCUT2D eigenvalue weighted by atomic mass is 127. The van der Waals surface area contributed by atoms with E-state index in [9.17, 15) is 9.18 Å². The summed E-state index contributed by atoms with van der Waals surface area (Å²) in [6.07, 6.45) is 5.53. The Morgan fingerprint density at radius 3 is 2.70 bits per heavy atom. The molecule has 0 aliphatic carbocycles. The number of quaternary nitrogens is 1. The van der Waals surface area contributed by atoms with Crippen molar-refractivity contribution in [3.8, 4) is 23.1 Å². The zero-order valence-corrected chi connectivity index (χ0v) is 27.4. The number of likely N-dealkylation sites (N-methyl/N-ethyl adjacent to an activating group) is 1. The summed E-state index contributed by atoms with van der Waals surface area (Å²) < 4.78 is 28.1. The lowest BCUT2D eigenvalue weighted by molar-refractivity contribution is -0.870. The lowest BCUT2D eigenvalue weighted by atomic mass is 10.0. The summed E-state index contributed by atoms with van der Waals surface area (Å²) in [4.78, 5) is 21.8. The van der Waals surface area contributed by atoms with E-state index in [1.54, 1.807) is 41.2 Å². The lowest BCUT2D eigenvalue weighted by Gasteiger charge is -2.23. The van der Waals surface area contributed by atoms with Crippen LogP contribution in [0.2, 0.25) is 5.02 Å². The number of aryl methyl sites for hydroxylation is 1. The first-order valence-electron chi connectivity index (χ1n) is 13.5. The Labute approximate surface area is 272 Å². The SMILES string of the molecule is CCc1cc(Nc2nccn3c(-c4ccc(OCC#N)c(F)c4Cl)cnc23)ccc1C(=O)NCCOCC[N+](C)(C)C.[I-]. The Balaban J connectivity index is 0.00000506. The van der Waals surface area contributed by atoms with Gasteiger partial charge < -0.3 is 48.6 Å². The fourth-order valence-electron chi connectivity index (χ4n) is 4.25. The second kappa shape index (κ2) is 15.3. The zero-order chi connectivity index (χ0) is 30.3. The number of hydrogen-bond acceptors (Lipinski definition) is 7. The molecule has 10 nitrogen and oxygen atoms in total. The molecule has 0 spiro atoms. The van der Waals surface area contributed by atoms with Crippen molar-refractivity contribution in [2.45, 2.75) is 13.3 Å². The molecule has 13 heteroatoms. The molecule has 2 aromatic heterocycles. The topological polar surface area (TPSA) is 114 Å². The number of nitrogens with one attached hydrogen (secondary N) is 2. The molecule has 1 amide bonds. The summed E-state index contributed by atoms with van der Waals surface area (Å²) in [6.45, 7) is 4.10. The summed E-state index contributed by atoms with van der Waals surface area (Å²) in [6, 6.07) is 10.4. The minimum atomic E-state index is -0.754. The van der Waals surface area contributed by atoms with E-state index in [1.807, 2.05) is 19.1 Å². The maximum Gasteiger partial charge on any atom is 0.251 e. The van der Waals surface area contributed by atoms with Crippen LogP contribution in [-0.4, -0.2) is 78.8 Å². The molecule has 0 saturated carbocycles. The van der Waals surface area contributed by atoms with Crippen molar-refractivity contribution in [3.05, 3.63) is 70.9 Å². The van der Waals surface area contributed by atoms with Gasteiger partial charge in [0.25, 0.3) is 5.91 Å². The predicted octanol–water partition coefficient (Wildman–Crippen LogP) is 1.85. The van der Waals surface area contributed by atoms with Crippen molar-refractivity contribution in [1.82, 2.24) is 19.7 Å². The number of amides is 1. The van der Waals surface area contributed by atoms with E-state index in [1.165, 1.54) is 6.07 Å². The molecular weight excluding hydrogens is 688 g/mol. The Morgan fingerprint density at radius 2 is 1.98 bits per heavy atom. The first-order valence-corrected chi connectivity index (χ1v) is 13.9. The fourth-order valence-corrected chi connectivity index (χ4v) is 4.51. The first-order chi connectivity index (χ1) is 20.1. The Hall–Kier alpha value is -3.51. The van der Waals surface area contributed by atoms with Crippen molar-refractivity contribution in [2.75, 3.05) is 59.4 Å². The number of carbonyl (C=O) groups is 1. The standard InChI is InChI=1S/C30H33ClFN7O3.HI/c1-5-20-18-21(6-7-22(20)30(40)35-12-16-41-17-14-39(2,3)4)37-28-29-36-19-24(38(29)13-11-34-28)23-8-9-25(42-15-10-33)27(32)26(23)31;/h6-9,11,13,18-19H,5,12,14-17H2,1-4H3,(H-,34,35,37,40);1H. The van der Waals surface area contributed by atoms with Crippen molar-refractivity contribution < 1.29 is 47.1 Å². The van der Waals surface area contributed by atoms with Gasteiger partial charge in [0.2, 0.25) is 0 Å². The van der Waals surface area contributed by atoms with E-state index in [0.29, 0.717) is 54.5 Å².